The van der Waals surface area contributed by atoms with Gasteiger partial charge in [-0.05, 0) is 30.9 Å². The summed E-state index contributed by atoms with van der Waals surface area (Å²) in [6, 6.07) is 4.81. The maximum Gasteiger partial charge on any atom is 0.213 e. The fourth-order valence-electron chi connectivity index (χ4n) is 2.11. The third-order valence-electron chi connectivity index (χ3n) is 3.46. The molecule has 3 rings (SSSR count). The quantitative estimate of drug-likeness (QED) is 0.833. The highest BCUT2D eigenvalue weighted by molar-refractivity contribution is 5.20. The molecule has 4 heteroatoms. The monoisotopic (exact) mass is 248 g/mol. The van der Waals surface area contributed by atoms with Crippen molar-refractivity contribution in [3.8, 4) is 5.88 Å². The summed E-state index contributed by atoms with van der Waals surface area (Å²) in [6.07, 6.45) is 5.56. The summed E-state index contributed by atoms with van der Waals surface area (Å²) >= 11 is 0. The summed E-state index contributed by atoms with van der Waals surface area (Å²) < 4.78 is 11.1. The predicted octanol–water partition coefficient (Wildman–Crippen LogP) is 1.75. The second kappa shape index (κ2) is 5.67. The normalized spacial score (nSPS) is 23.2. The van der Waals surface area contributed by atoms with Crippen LogP contribution in [-0.4, -0.2) is 30.8 Å². The van der Waals surface area contributed by atoms with Crippen LogP contribution in [0.2, 0.25) is 0 Å². The van der Waals surface area contributed by atoms with Gasteiger partial charge in [-0.2, -0.15) is 0 Å². The molecular weight excluding hydrogens is 228 g/mol. The van der Waals surface area contributed by atoms with Gasteiger partial charge in [0.05, 0.1) is 13.2 Å². The zero-order valence-corrected chi connectivity index (χ0v) is 10.6. The molecule has 0 amide bonds. The number of pyridine rings is 1. The highest BCUT2D eigenvalue weighted by atomic mass is 16.5. The summed E-state index contributed by atoms with van der Waals surface area (Å²) in [5.41, 5.74) is 1.24. The van der Waals surface area contributed by atoms with Crippen molar-refractivity contribution in [1.29, 1.82) is 0 Å². The van der Waals surface area contributed by atoms with E-state index in [9.17, 15) is 0 Å². The van der Waals surface area contributed by atoms with E-state index in [1.807, 2.05) is 18.3 Å². The molecule has 1 saturated heterocycles. The van der Waals surface area contributed by atoms with Crippen molar-refractivity contribution >= 4 is 0 Å². The molecule has 0 spiro atoms. The standard InChI is InChI=1S/C14H20N2O2/c1-2-13(1)16-8-11-3-5-15-14(7-11)18-10-12-4-6-17-9-12/h3,5,7,12-13,16H,1-2,4,6,8-10H2. The van der Waals surface area contributed by atoms with Crippen molar-refractivity contribution in [2.24, 2.45) is 5.92 Å². The first-order valence-electron chi connectivity index (χ1n) is 6.79. The molecule has 1 aliphatic heterocycles. The second-order valence-corrected chi connectivity index (χ2v) is 5.20. The first-order chi connectivity index (χ1) is 8.90. The molecular formula is C14H20N2O2. The fourth-order valence-corrected chi connectivity index (χ4v) is 2.11. The average Bonchev–Trinajstić information content (AvgIpc) is 3.09. The molecule has 2 fully saturated rings. The zero-order chi connectivity index (χ0) is 12.2. The summed E-state index contributed by atoms with van der Waals surface area (Å²) in [4.78, 5) is 4.25. The van der Waals surface area contributed by atoms with Crippen LogP contribution >= 0.6 is 0 Å². The molecule has 1 atom stereocenters. The second-order valence-electron chi connectivity index (χ2n) is 5.20. The molecule has 0 radical (unpaired) electrons. The van der Waals surface area contributed by atoms with Crippen molar-refractivity contribution in [2.45, 2.75) is 31.8 Å². The average molecular weight is 248 g/mol. The minimum Gasteiger partial charge on any atom is -0.477 e. The van der Waals surface area contributed by atoms with Crippen LogP contribution in [0, 0.1) is 5.92 Å². The Kier molecular flexibility index (Phi) is 3.76. The Labute approximate surface area is 108 Å². The van der Waals surface area contributed by atoms with Crippen LogP contribution in [0.3, 0.4) is 0 Å². The van der Waals surface area contributed by atoms with E-state index in [2.05, 4.69) is 10.3 Å². The number of aromatic nitrogens is 1. The van der Waals surface area contributed by atoms with E-state index in [1.54, 1.807) is 0 Å². The molecule has 4 nitrogen and oxygen atoms in total. The molecule has 0 aromatic carbocycles. The lowest BCUT2D eigenvalue weighted by atomic mass is 10.1. The van der Waals surface area contributed by atoms with E-state index >= 15 is 0 Å². The van der Waals surface area contributed by atoms with Crippen molar-refractivity contribution in [1.82, 2.24) is 10.3 Å². The Morgan fingerprint density at radius 2 is 2.33 bits per heavy atom. The van der Waals surface area contributed by atoms with Gasteiger partial charge >= 0.3 is 0 Å². The fraction of sp³-hybridized carbons (Fsp3) is 0.643. The summed E-state index contributed by atoms with van der Waals surface area (Å²) in [5.74, 6) is 1.26. The molecule has 1 aromatic rings. The van der Waals surface area contributed by atoms with Crippen LogP contribution in [0.4, 0.5) is 0 Å². The molecule has 1 unspecified atom stereocenters. The number of nitrogens with zero attached hydrogens (tertiary/aromatic N) is 1. The van der Waals surface area contributed by atoms with Crippen molar-refractivity contribution in [3.63, 3.8) is 0 Å². The van der Waals surface area contributed by atoms with Crippen LogP contribution in [0.1, 0.15) is 24.8 Å². The number of rotatable bonds is 6. The lowest BCUT2D eigenvalue weighted by molar-refractivity contribution is 0.165. The first kappa shape index (κ1) is 11.9. The predicted molar refractivity (Wildman–Crippen MR) is 68.5 cm³/mol. The van der Waals surface area contributed by atoms with Gasteiger partial charge in [0.15, 0.2) is 0 Å². The maximum atomic E-state index is 5.73. The Morgan fingerprint density at radius 3 is 3.11 bits per heavy atom. The number of ether oxygens (including phenoxy) is 2. The summed E-state index contributed by atoms with van der Waals surface area (Å²) in [6.45, 7) is 3.32. The topological polar surface area (TPSA) is 43.4 Å². The van der Waals surface area contributed by atoms with Crippen LogP contribution < -0.4 is 10.1 Å². The van der Waals surface area contributed by atoms with Crippen LogP contribution in [-0.2, 0) is 11.3 Å². The molecule has 18 heavy (non-hydrogen) atoms. The van der Waals surface area contributed by atoms with E-state index in [1.165, 1.54) is 18.4 Å². The van der Waals surface area contributed by atoms with E-state index in [4.69, 9.17) is 9.47 Å². The SMILES string of the molecule is c1cc(CNC2CC2)cc(OCC2CCOC2)n1. The minimum atomic E-state index is 0.528. The van der Waals surface area contributed by atoms with E-state index in [0.717, 1.165) is 38.1 Å². The molecule has 2 heterocycles. The molecule has 2 aliphatic rings. The van der Waals surface area contributed by atoms with Crippen molar-refractivity contribution < 1.29 is 9.47 Å². The Hall–Kier alpha value is -1.13. The van der Waals surface area contributed by atoms with Gasteiger partial charge in [-0.1, -0.05) is 0 Å². The number of nitrogens with one attached hydrogen (secondary N) is 1. The van der Waals surface area contributed by atoms with Crippen LogP contribution in [0.5, 0.6) is 5.88 Å². The zero-order valence-electron chi connectivity index (χ0n) is 10.6. The van der Waals surface area contributed by atoms with E-state index in [0.29, 0.717) is 12.5 Å². The van der Waals surface area contributed by atoms with Gasteiger partial charge in [0.1, 0.15) is 0 Å². The Balaban J connectivity index is 1.49. The van der Waals surface area contributed by atoms with Gasteiger partial charge < -0.3 is 14.8 Å². The third-order valence-corrected chi connectivity index (χ3v) is 3.46. The van der Waals surface area contributed by atoms with E-state index in [-0.39, 0.29) is 0 Å². The Morgan fingerprint density at radius 1 is 1.39 bits per heavy atom. The smallest absolute Gasteiger partial charge is 0.213 e. The van der Waals surface area contributed by atoms with Crippen LogP contribution in [0.15, 0.2) is 18.3 Å². The molecule has 1 aliphatic carbocycles. The first-order valence-corrected chi connectivity index (χ1v) is 6.79. The maximum absolute atomic E-state index is 5.73. The van der Waals surface area contributed by atoms with E-state index < -0.39 is 0 Å². The third kappa shape index (κ3) is 3.43. The molecule has 1 aromatic heterocycles. The van der Waals surface area contributed by atoms with Gasteiger partial charge in [0, 0.05) is 37.4 Å². The Bertz CT molecular complexity index is 387. The highest BCUT2D eigenvalue weighted by Gasteiger charge is 2.20. The van der Waals surface area contributed by atoms with Gasteiger partial charge in [0.25, 0.3) is 0 Å². The summed E-state index contributed by atoms with van der Waals surface area (Å²) in [7, 11) is 0. The van der Waals surface area contributed by atoms with Gasteiger partial charge in [-0.25, -0.2) is 4.98 Å². The minimum absolute atomic E-state index is 0.528. The van der Waals surface area contributed by atoms with Crippen LogP contribution in [0.25, 0.3) is 0 Å². The largest absolute Gasteiger partial charge is 0.477 e. The lowest BCUT2D eigenvalue weighted by Crippen LogP contribution is -2.16. The van der Waals surface area contributed by atoms with Gasteiger partial charge in [-0.3, -0.25) is 0 Å². The number of hydrogen-bond acceptors (Lipinski definition) is 4. The highest BCUT2D eigenvalue weighted by Crippen LogP contribution is 2.20. The van der Waals surface area contributed by atoms with Crippen molar-refractivity contribution in [3.05, 3.63) is 23.9 Å². The van der Waals surface area contributed by atoms with Crippen molar-refractivity contribution in [2.75, 3.05) is 19.8 Å². The molecule has 98 valence electrons. The summed E-state index contributed by atoms with van der Waals surface area (Å²) in [5, 5.41) is 3.49. The molecule has 0 bridgehead atoms. The molecule has 1 saturated carbocycles. The molecule has 1 N–H and O–H groups in total. The lowest BCUT2D eigenvalue weighted by Gasteiger charge is -2.10. The van der Waals surface area contributed by atoms with Gasteiger partial charge in [-0.15, -0.1) is 0 Å². The number of hydrogen-bond donors (Lipinski definition) is 1. The van der Waals surface area contributed by atoms with Gasteiger partial charge in [0.2, 0.25) is 5.88 Å².